The lowest BCUT2D eigenvalue weighted by atomic mass is 9.87. The van der Waals surface area contributed by atoms with Crippen molar-refractivity contribution < 1.29 is 9.90 Å². The van der Waals surface area contributed by atoms with Crippen molar-refractivity contribution in [2.75, 3.05) is 0 Å². The van der Waals surface area contributed by atoms with Crippen LogP contribution in [0.2, 0.25) is 0 Å². The van der Waals surface area contributed by atoms with E-state index in [4.69, 9.17) is 5.11 Å². The topological polar surface area (TPSA) is 91.8 Å². The Labute approximate surface area is 208 Å². The number of benzene rings is 3. The molecule has 2 heterocycles. The Morgan fingerprint density at radius 1 is 0.917 bits per heavy atom. The molecule has 0 amide bonds. The molecule has 6 heteroatoms. The standard InChI is InChI=1S/C30H24N4O2/c1-2-26(21-8-10-22(11-9-21)28-19-31-15-16-32-28)30(24-12-13-27-25(17-24)18-33-34-27)23-6-3-20(4-7-23)5-14-29(35)36/h3-19H,2H2,1H3,(H,33,34)(H,35,36)/b14-5+,30-26+. The first-order chi connectivity index (χ1) is 17.6. The Morgan fingerprint density at radius 3 is 2.36 bits per heavy atom. The first kappa shape index (κ1) is 22.9. The number of nitrogens with zero attached hydrogens (tertiary/aromatic N) is 3. The molecule has 5 aromatic rings. The number of carbonyl (C=O) groups is 1. The van der Waals surface area contributed by atoms with Gasteiger partial charge in [0.25, 0.3) is 0 Å². The number of rotatable bonds is 7. The van der Waals surface area contributed by atoms with Crippen molar-refractivity contribution in [1.29, 1.82) is 0 Å². The zero-order valence-corrected chi connectivity index (χ0v) is 19.7. The molecule has 0 saturated heterocycles. The Hall–Kier alpha value is -4.84. The maximum Gasteiger partial charge on any atom is 0.328 e. The molecule has 0 aliphatic carbocycles. The molecule has 0 spiro atoms. The fraction of sp³-hybridized carbons (Fsp3) is 0.0667. The highest BCUT2D eigenvalue weighted by Crippen LogP contribution is 2.36. The molecule has 5 rings (SSSR count). The van der Waals surface area contributed by atoms with E-state index in [9.17, 15) is 4.79 Å². The zero-order chi connectivity index (χ0) is 24.9. The highest BCUT2D eigenvalue weighted by atomic mass is 16.4. The van der Waals surface area contributed by atoms with Crippen LogP contribution in [-0.4, -0.2) is 31.2 Å². The minimum Gasteiger partial charge on any atom is -0.478 e. The summed E-state index contributed by atoms with van der Waals surface area (Å²) in [6.45, 7) is 2.16. The molecule has 36 heavy (non-hydrogen) atoms. The lowest BCUT2D eigenvalue weighted by molar-refractivity contribution is -0.131. The Kier molecular flexibility index (Phi) is 6.49. The Balaban J connectivity index is 1.64. The van der Waals surface area contributed by atoms with Crippen molar-refractivity contribution in [3.8, 4) is 11.3 Å². The van der Waals surface area contributed by atoms with Crippen LogP contribution >= 0.6 is 0 Å². The smallest absolute Gasteiger partial charge is 0.328 e. The molecule has 0 aliphatic heterocycles. The molecular formula is C30H24N4O2. The predicted octanol–water partition coefficient (Wildman–Crippen LogP) is 6.49. The van der Waals surface area contributed by atoms with Crippen molar-refractivity contribution >= 4 is 34.1 Å². The number of aliphatic carboxylic acids is 1. The van der Waals surface area contributed by atoms with Gasteiger partial charge in [-0.2, -0.15) is 5.10 Å². The van der Waals surface area contributed by atoms with Gasteiger partial charge in [-0.15, -0.1) is 0 Å². The predicted molar refractivity (Wildman–Crippen MR) is 143 cm³/mol. The highest BCUT2D eigenvalue weighted by molar-refractivity contribution is 6.00. The minimum absolute atomic E-state index is 0.823. The van der Waals surface area contributed by atoms with Gasteiger partial charge >= 0.3 is 5.97 Å². The minimum atomic E-state index is -0.966. The van der Waals surface area contributed by atoms with Gasteiger partial charge in [0.1, 0.15) is 0 Å². The summed E-state index contributed by atoms with van der Waals surface area (Å²) in [7, 11) is 0. The summed E-state index contributed by atoms with van der Waals surface area (Å²) in [6, 6.07) is 22.7. The van der Waals surface area contributed by atoms with Crippen LogP contribution in [0.15, 0.2) is 97.6 Å². The Bertz CT molecular complexity index is 1570. The van der Waals surface area contributed by atoms with Crippen LogP contribution in [-0.2, 0) is 4.79 Å². The summed E-state index contributed by atoms with van der Waals surface area (Å²) in [5.74, 6) is -0.966. The number of H-pyrrole nitrogens is 1. The van der Waals surface area contributed by atoms with Gasteiger partial charge in [0, 0.05) is 29.4 Å². The first-order valence-electron chi connectivity index (χ1n) is 11.7. The Morgan fingerprint density at radius 2 is 1.67 bits per heavy atom. The van der Waals surface area contributed by atoms with Gasteiger partial charge in [-0.3, -0.25) is 15.1 Å². The van der Waals surface area contributed by atoms with E-state index in [1.165, 1.54) is 5.57 Å². The van der Waals surface area contributed by atoms with Crippen molar-refractivity contribution in [3.63, 3.8) is 0 Å². The number of carboxylic acid groups (broad SMARTS) is 1. The lowest BCUT2D eigenvalue weighted by Gasteiger charge is -2.17. The summed E-state index contributed by atoms with van der Waals surface area (Å²) in [5.41, 5.74) is 9.27. The quantitative estimate of drug-likeness (QED) is 0.209. The zero-order valence-electron chi connectivity index (χ0n) is 19.7. The largest absolute Gasteiger partial charge is 0.478 e. The van der Waals surface area contributed by atoms with Gasteiger partial charge in [-0.25, -0.2) is 4.79 Å². The van der Waals surface area contributed by atoms with Crippen LogP contribution < -0.4 is 0 Å². The van der Waals surface area contributed by atoms with Gasteiger partial charge in [0.15, 0.2) is 0 Å². The van der Waals surface area contributed by atoms with Crippen molar-refractivity contribution in [1.82, 2.24) is 20.2 Å². The molecule has 2 N–H and O–H groups in total. The van der Waals surface area contributed by atoms with E-state index in [-0.39, 0.29) is 0 Å². The second-order valence-corrected chi connectivity index (χ2v) is 8.34. The number of allylic oxidation sites excluding steroid dienone is 1. The summed E-state index contributed by atoms with van der Waals surface area (Å²) < 4.78 is 0. The molecule has 2 aromatic heterocycles. The second-order valence-electron chi connectivity index (χ2n) is 8.34. The summed E-state index contributed by atoms with van der Waals surface area (Å²) >= 11 is 0. The molecule has 0 fully saturated rings. The van der Waals surface area contributed by atoms with Crippen LogP contribution in [0.3, 0.4) is 0 Å². The van der Waals surface area contributed by atoms with E-state index < -0.39 is 5.97 Å². The number of fused-ring (bicyclic) bond motifs is 1. The molecule has 0 atom stereocenters. The molecule has 0 aliphatic rings. The van der Waals surface area contributed by atoms with Crippen LogP contribution in [0.4, 0.5) is 0 Å². The second kappa shape index (κ2) is 10.2. The van der Waals surface area contributed by atoms with E-state index in [0.717, 1.165) is 62.5 Å². The fourth-order valence-electron chi connectivity index (χ4n) is 4.36. The lowest BCUT2D eigenvalue weighted by Crippen LogP contribution is -1.96. The maximum absolute atomic E-state index is 10.9. The average Bonchev–Trinajstić information content (AvgIpc) is 3.40. The number of hydrogen-bond donors (Lipinski definition) is 2. The van der Waals surface area contributed by atoms with Gasteiger partial charge in [0.2, 0.25) is 0 Å². The third kappa shape index (κ3) is 4.83. The van der Waals surface area contributed by atoms with Gasteiger partial charge in [-0.05, 0) is 58.0 Å². The third-order valence-electron chi connectivity index (χ3n) is 6.09. The number of aromatic amines is 1. The van der Waals surface area contributed by atoms with E-state index in [2.05, 4.69) is 63.5 Å². The van der Waals surface area contributed by atoms with Gasteiger partial charge < -0.3 is 5.11 Å². The van der Waals surface area contributed by atoms with E-state index in [1.807, 2.05) is 36.5 Å². The number of carboxylic acids is 1. The molecule has 6 nitrogen and oxygen atoms in total. The summed E-state index contributed by atoms with van der Waals surface area (Å²) in [4.78, 5) is 19.5. The first-order valence-corrected chi connectivity index (χ1v) is 11.7. The maximum atomic E-state index is 10.9. The molecule has 0 bridgehead atoms. The highest BCUT2D eigenvalue weighted by Gasteiger charge is 2.14. The van der Waals surface area contributed by atoms with Crippen LogP contribution in [0.5, 0.6) is 0 Å². The SMILES string of the molecule is CC/C(=C(/c1ccc(/C=C/C(=O)O)cc1)c1ccc2[nH]ncc2c1)c1ccc(-c2cnccn2)cc1. The third-order valence-corrected chi connectivity index (χ3v) is 6.09. The molecule has 0 unspecified atom stereocenters. The summed E-state index contributed by atoms with van der Waals surface area (Å²) in [6.07, 6.45) is 10.5. The number of aromatic nitrogens is 4. The monoisotopic (exact) mass is 472 g/mol. The van der Waals surface area contributed by atoms with E-state index >= 15 is 0 Å². The molecule has 3 aromatic carbocycles. The summed E-state index contributed by atoms with van der Waals surface area (Å²) in [5, 5.41) is 17.2. The number of nitrogens with one attached hydrogen (secondary N) is 1. The van der Waals surface area contributed by atoms with Gasteiger partial charge in [0.05, 0.1) is 23.6 Å². The molecular weight excluding hydrogens is 448 g/mol. The number of hydrogen-bond acceptors (Lipinski definition) is 4. The van der Waals surface area contributed by atoms with Crippen molar-refractivity contribution in [2.24, 2.45) is 0 Å². The van der Waals surface area contributed by atoms with E-state index in [1.54, 1.807) is 24.7 Å². The van der Waals surface area contributed by atoms with Gasteiger partial charge in [-0.1, -0.05) is 61.5 Å². The van der Waals surface area contributed by atoms with Crippen LogP contribution in [0, 0.1) is 0 Å². The normalized spacial score (nSPS) is 12.1. The molecule has 0 saturated carbocycles. The van der Waals surface area contributed by atoms with Crippen LogP contribution in [0.25, 0.3) is 39.4 Å². The fourth-order valence-corrected chi connectivity index (χ4v) is 4.36. The molecule has 0 radical (unpaired) electrons. The average molecular weight is 473 g/mol. The van der Waals surface area contributed by atoms with Crippen molar-refractivity contribution in [3.05, 3.63) is 120 Å². The van der Waals surface area contributed by atoms with E-state index in [0.29, 0.717) is 0 Å². The van der Waals surface area contributed by atoms with Crippen LogP contribution in [0.1, 0.15) is 35.6 Å². The molecule has 176 valence electrons. The van der Waals surface area contributed by atoms with Crippen molar-refractivity contribution in [2.45, 2.75) is 13.3 Å².